The summed E-state index contributed by atoms with van der Waals surface area (Å²) >= 11 is 0. The van der Waals surface area contributed by atoms with Crippen LogP contribution in [0.25, 0.3) is 0 Å². The predicted molar refractivity (Wildman–Crippen MR) is 147 cm³/mol. The zero-order chi connectivity index (χ0) is 24.7. The zero-order valence-electron chi connectivity index (χ0n) is 23.1. The van der Waals surface area contributed by atoms with Gasteiger partial charge in [-0.2, -0.15) is 0 Å². The van der Waals surface area contributed by atoms with Gasteiger partial charge in [0.1, 0.15) is 11.6 Å². The summed E-state index contributed by atoms with van der Waals surface area (Å²) in [4.78, 5) is 27.2. The molecule has 0 aromatic carbocycles. The van der Waals surface area contributed by atoms with Gasteiger partial charge in [0, 0.05) is 12.8 Å². The Bertz CT molecular complexity index is 450. The van der Waals surface area contributed by atoms with Crippen molar-refractivity contribution in [2.45, 2.75) is 142 Å². The van der Waals surface area contributed by atoms with E-state index in [1.165, 1.54) is 103 Å². The van der Waals surface area contributed by atoms with Gasteiger partial charge >= 0.3 is 0 Å². The van der Waals surface area contributed by atoms with Crippen LogP contribution in [-0.2, 0) is 9.59 Å². The van der Waals surface area contributed by atoms with Gasteiger partial charge in [-0.05, 0) is 51.9 Å². The fraction of sp³-hybridized carbons (Fsp3) is 0.933. The maximum atomic E-state index is 11.3. The van der Waals surface area contributed by atoms with Gasteiger partial charge in [-0.25, -0.2) is 0 Å². The smallest absolute Gasteiger partial charge is 0.146 e. The van der Waals surface area contributed by atoms with E-state index in [2.05, 4.69) is 23.6 Å². The van der Waals surface area contributed by atoms with Gasteiger partial charge in [0.25, 0.3) is 0 Å². The number of nitrogens with zero attached hydrogens (tertiary/aromatic N) is 2. The summed E-state index contributed by atoms with van der Waals surface area (Å²) in [5.74, 6) is 0.881. The SMILES string of the molecule is CCCCCCCCCCN1CCCC(=O)C1.CCCCCCCCCCN1CCCC(=O)C1. The average molecular weight is 479 g/mol. The lowest BCUT2D eigenvalue weighted by Crippen LogP contribution is -2.36. The molecular formula is C30H58N2O2. The van der Waals surface area contributed by atoms with Gasteiger partial charge in [-0.15, -0.1) is 0 Å². The molecule has 2 aliphatic heterocycles. The summed E-state index contributed by atoms with van der Waals surface area (Å²) in [7, 11) is 0. The minimum absolute atomic E-state index is 0.441. The number of hydrogen-bond donors (Lipinski definition) is 0. The molecule has 0 N–H and O–H groups in total. The van der Waals surface area contributed by atoms with Crippen molar-refractivity contribution < 1.29 is 9.59 Å². The van der Waals surface area contributed by atoms with Crippen LogP contribution >= 0.6 is 0 Å². The molecule has 2 rings (SSSR count). The van der Waals surface area contributed by atoms with Crippen LogP contribution in [0.3, 0.4) is 0 Å². The number of carbonyl (C=O) groups is 2. The summed E-state index contributed by atoms with van der Waals surface area (Å²) in [6, 6.07) is 0. The van der Waals surface area contributed by atoms with Gasteiger partial charge in [-0.1, -0.05) is 104 Å². The van der Waals surface area contributed by atoms with Crippen LogP contribution in [0.2, 0.25) is 0 Å². The lowest BCUT2D eigenvalue weighted by Gasteiger charge is -2.25. The molecule has 0 radical (unpaired) electrons. The summed E-state index contributed by atoms with van der Waals surface area (Å²) in [5, 5.41) is 0. The van der Waals surface area contributed by atoms with Gasteiger partial charge in [0.2, 0.25) is 0 Å². The summed E-state index contributed by atoms with van der Waals surface area (Å²) < 4.78 is 0. The monoisotopic (exact) mass is 478 g/mol. The molecule has 0 bridgehead atoms. The van der Waals surface area contributed by atoms with E-state index in [1.807, 2.05) is 0 Å². The molecule has 2 saturated heterocycles. The minimum atomic E-state index is 0.441. The van der Waals surface area contributed by atoms with E-state index >= 15 is 0 Å². The molecule has 0 aliphatic carbocycles. The third kappa shape index (κ3) is 18.6. The molecule has 34 heavy (non-hydrogen) atoms. The van der Waals surface area contributed by atoms with Gasteiger partial charge in [-0.3, -0.25) is 19.4 Å². The third-order valence-corrected chi connectivity index (χ3v) is 7.32. The summed E-state index contributed by atoms with van der Waals surface area (Å²) in [5.41, 5.74) is 0. The Kier molecular flexibility index (Phi) is 20.9. The van der Waals surface area contributed by atoms with Crippen molar-refractivity contribution in [3.05, 3.63) is 0 Å². The highest BCUT2D eigenvalue weighted by atomic mass is 16.1. The van der Waals surface area contributed by atoms with Gasteiger partial charge < -0.3 is 0 Å². The number of likely N-dealkylation sites (tertiary alicyclic amines) is 2. The van der Waals surface area contributed by atoms with Crippen LogP contribution in [0.15, 0.2) is 0 Å². The average Bonchev–Trinajstić information content (AvgIpc) is 2.83. The number of Topliss-reactive ketones (excluding diaryl/α,β-unsaturated/α-hetero) is 2. The van der Waals surface area contributed by atoms with Crippen molar-refractivity contribution in [3.63, 3.8) is 0 Å². The lowest BCUT2D eigenvalue weighted by molar-refractivity contribution is -0.122. The molecule has 0 amide bonds. The first-order valence-corrected chi connectivity index (χ1v) is 15.1. The molecule has 0 saturated carbocycles. The lowest BCUT2D eigenvalue weighted by atomic mass is 10.1. The molecular weight excluding hydrogens is 420 g/mol. The first kappa shape index (κ1) is 31.3. The van der Waals surface area contributed by atoms with Crippen molar-refractivity contribution in [1.82, 2.24) is 9.80 Å². The second-order valence-corrected chi connectivity index (χ2v) is 10.8. The highest BCUT2D eigenvalue weighted by molar-refractivity contribution is 5.81. The van der Waals surface area contributed by atoms with Crippen LogP contribution in [0, 0.1) is 0 Å². The van der Waals surface area contributed by atoms with Crippen molar-refractivity contribution in [3.8, 4) is 0 Å². The second kappa shape index (κ2) is 22.7. The van der Waals surface area contributed by atoms with E-state index in [0.29, 0.717) is 11.6 Å². The Morgan fingerprint density at radius 2 is 0.824 bits per heavy atom. The normalized spacial score (nSPS) is 17.6. The Hall–Kier alpha value is -0.740. The van der Waals surface area contributed by atoms with Crippen molar-refractivity contribution >= 4 is 11.6 Å². The van der Waals surface area contributed by atoms with E-state index in [0.717, 1.165) is 65.0 Å². The Morgan fingerprint density at radius 1 is 0.500 bits per heavy atom. The predicted octanol–water partition coefficient (Wildman–Crippen LogP) is 7.58. The number of rotatable bonds is 18. The van der Waals surface area contributed by atoms with Gasteiger partial charge in [0.05, 0.1) is 13.1 Å². The quantitative estimate of drug-likeness (QED) is 0.190. The first-order chi connectivity index (χ1) is 16.7. The molecule has 2 aliphatic rings. The van der Waals surface area contributed by atoms with Gasteiger partial charge in [0.15, 0.2) is 0 Å². The van der Waals surface area contributed by atoms with Crippen molar-refractivity contribution in [2.24, 2.45) is 0 Å². The number of piperidine rings is 2. The van der Waals surface area contributed by atoms with E-state index in [-0.39, 0.29) is 0 Å². The molecule has 2 fully saturated rings. The van der Waals surface area contributed by atoms with E-state index in [4.69, 9.17) is 0 Å². The van der Waals surface area contributed by atoms with Crippen LogP contribution in [0.1, 0.15) is 142 Å². The van der Waals surface area contributed by atoms with E-state index < -0.39 is 0 Å². The number of hydrogen-bond acceptors (Lipinski definition) is 4. The van der Waals surface area contributed by atoms with Crippen molar-refractivity contribution in [1.29, 1.82) is 0 Å². The summed E-state index contributed by atoms with van der Waals surface area (Å²) in [6.07, 6.45) is 25.7. The molecule has 2 heterocycles. The Labute approximate surface area is 212 Å². The van der Waals surface area contributed by atoms with Crippen LogP contribution < -0.4 is 0 Å². The van der Waals surface area contributed by atoms with Crippen molar-refractivity contribution in [2.75, 3.05) is 39.3 Å². The van der Waals surface area contributed by atoms with Crippen LogP contribution in [0.5, 0.6) is 0 Å². The maximum Gasteiger partial charge on any atom is 0.146 e. The number of unbranched alkanes of at least 4 members (excludes halogenated alkanes) is 14. The second-order valence-electron chi connectivity index (χ2n) is 10.8. The molecule has 200 valence electrons. The number of carbonyl (C=O) groups excluding carboxylic acids is 2. The number of ketones is 2. The Morgan fingerprint density at radius 3 is 1.15 bits per heavy atom. The zero-order valence-corrected chi connectivity index (χ0v) is 23.1. The molecule has 0 aromatic heterocycles. The van der Waals surface area contributed by atoms with E-state index in [9.17, 15) is 9.59 Å². The molecule has 0 aromatic rings. The molecule has 0 spiro atoms. The Balaban J connectivity index is 0.000000340. The highest BCUT2D eigenvalue weighted by Crippen LogP contribution is 2.12. The molecule has 0 atom stereocenters. The molecule has 4 nitrogen and oxygen atoms in total. The largest absolute Gasteiger partial charge is 0.298 e. The minimum Gasteiger partial charge on any atom is -0.298 e. The first-order valence-electron chi connectivity index (χ1n) is 15.1. The van der Waals surface area contributed by atoms with E-state index in [1.54, 1.807) is 0 Å². The fourth-order valence-corrected chi connectivity index (χ4v) is 5.14. The highest BCUT2D eigenvalue weighted by Gasteiger charge is 2.16. The van der Waals surface area contributed by atoms with Crippen LogP contribution in [-0.4, -0.2) is 60.6 Å². The topological polar surface area (TPSA) is 40.6 Å². The molecule has 0 unspecified atom stereocenters. The summed E-state index contributed by atoms with van der Waals surface area (Å²) in [6.45, 7) is 10.5. The maximum absolute atomic E-state index is 11.3. The molecule has 4 heteroatoms. The standard InChI is InChI=1S/2C15H29NO/c2*1-2-3-4-5-6-7-8-9-12-16-13-10-11-15(17)14-16/h2*2-14H2,1H3. The van der Waals surface area contributed by atoms with Crippen LogP contribution in [0.4, 0.5) is 0 Å². The third-order valence-electron chi connectivity index (χ3n) is 7.32. The fourth-order valence-electron chi connectivity index (χ4n) is 5.14.